The lowest BCUT2D eigenvalue weighted by atomic mass is 10.1. The molecule has 0 aliphatic rings. The van der Waals surface area contributed by atoms with E-state index in [1.165, 1.54) is 24.3 Å². The highest BCUT2D eigenvalue weighted by atomic mass is 19.4. The van der Waals surface area contributed by atoms with Crippen LogP contribution in [0.25, 0.3) is 28.7 Å². The Kier molecular flexibility index (Phi) is 6.19. The summed E-state index contributed by atoms with van der Waals surface area (Å²) in [6.07, 6.45) is -1.75. The quantitative estimate of drug-likeness (QED) is 0.333. The summed E-state index contributed by atoms with van der Waals surface area (Å²) in [4.78, 5) is 12.2. The summed E-state index contributed by atoms with van der Waals surface area (Å²) in [7, 11) is 0. The van der Waals surface area contributed by atoms with Crippen molar-refractivity contribution in [3.8, 4) is 22.6 Å². The van der Waals surface area contributed by atoms with Crippen LogP contribution in [0.15, 0.2) is 87.7 Å². The van der Waals surface area contributed by atoms with Crippen molar-refractivity contribution in [1.82, 2.24) is 0 Å². The van der Waals surface area contributed by atoms with Gasteiger partial charge in [0.15, 0.2) is 0 Å². The van der Waals surface area contributed by atoms with E-state index in [0.29, 0.717) is 23.0 Å². The Morgan fingerprint density at radius 2 is 1.64 bits per heavy atom. The SMILES string of the molecule is O=C(/C=C/c1ccc(-c2cccc(C(F)(F)F)c2)o1)Nc1ccc(-c2ccc(CO)o2)cc1. The molecule has 0 saturated heterocycles. The Morgan fingerprint density at radius 3 is 2.33 bits per heavy atom. The second-order valence-corrected chi connectivity index (χ2v) is 7.10. The molecule has 2 aromatic heterocycles. The average molecular weight is 453 g/mol. The zero-order valence-corrected chi connectivity index (χ0v) is 17.1. The number of aliphatic hydroxyl groups is 1. The number of nitrogens with one attached hydrogen (secondary N) is 1. The third-order valence-corrected chi connectivity index (χ3v) is 4.75. The topological polar surface area (TPSA) is 75.6 Å². The van der Waals surface area contributed by atoms with E-state index >= 15 is 0 Å². The molecule has 1 amide bonds. The summed E-state index contributed by atoms with van der Waals surface area (Å²) in [5.74, 6) is 1.25. The third kappa shape index (κ3) is 5.42. The number of carbonyl (C=O) groups is 1. The number of furan rings is 2. The van der Waals surface area contributed by atoms with E-state index in [0.717, 1.165) is 17.7 Å². The highest BCUT2D eigenvalue weighted by Crippen LogP contribution is 2.32. The minimum absolute atomic E-state index is 0.183. The summed E-state index contributed by atoms with van der Waals surface area (Å²) in [5, 5.41) is 11.8. The molecular formula is C25H18F3NO4. The van der Waals surface area contributed by atoms with E-state index in [2.05, 4.69) is 5.32 Å². The molecule has 0 aliphatic heterocycles. The van der Waals surface area contributed by atoms with Crippen molar-refractivity contribution in [2.45, 2.75) is 12.8 Å². The van der Waals surface area contributed by atoms with Crippen LogP contribution < -0.4 is 5.32 Å². The summed E-state index contributed by atoms with van der Waals surface area (Å²) in [6, 6.07) is 18.3. The Hall–Kier alpha value is -4.04. The van der Waals surface area contributed by atoms with Gasteiger partial charge >= 0.3 is 6.18 Å². The zero-order valence-electron chi connectivity index (χ0n) is 17.1. The largest absolute Gasteiger partial charge is 0.459 e. The van der Waals surface area contributed by atoms with Gasteiger partial charge in [0, 0.05) is 22.9 Å². The minimum Gasteiger partial charge on any atom is -0.459 e. The van der Waals surface area contributed by atoms with E-state index in [1.54, 1.807) is 48.5 Å². The molecule has 0 unspecified atom stereocenters. The van der Waals surface area contributed by atoms with E-state index in [-0.39, 0.29) is 17.9 Å². The predicted octanol–water partition coefficient (Wildman–Crippen LogP) is 6.37. The normalized spacial score (nSPS) is 11.8. The molecule has 2 N–H and O–H groups in total. The van der Waals surface area contributed by atoms with E-state index in [9.17, 15) is 18.0 Å². The van der Waals surface area contributed by atoms with Crippen LogP contribution in [0.2, 0.25) is 0 Å². The average Bonchev–Trinajstić information content (AvgIpc) is 3.48. The number of benzene rings is 2. The van der Waals surface area contributed by atoms with Crippen molar-refractivity contribution in [3.63, 3.8) is 0 Å². The molecule has 5 nitrogen and oxygen atoms in total. The van der Waals surface area contributed by atoms with Crippen LogP contribution in [-0.4, -0.2) is 11.0 Å². The fourth-order valence-corrected chi connectivity index (χ4v) is 3.12. The number of rotatable bonds is 6. The summed E-state index contributed by atoms with van der Waals surface area (Å²) >= 11 is 0. The molecule has 4 aromatic rings. The molecule has 0 fully saturated rings. The molecule has 33 heavy (non-hydrogen) atoms. The Labute approximate surface area is 186 Å². The van der Waals surface area contributed by atoms with Crippen LogP contribution in [0.1, 0.15) is 17.1 Å². The van der Waals surface area contributed by atoms with Gasteiger partial charge in [-0.2, -0.15) is 13.2 Å². The van der Waals surface area contributed by atoms with Gasteiger partial charge in [-0.25, -0.2) is 0 Å². The predicted molar refractivity (Wildman–Crippen MR) is 117 cm³/mol. The number of aliphatic hydroxyl groups excluding tert-OH is 1. The second kappa shape index (κ2) is 9.22. The molecule has 0 atom stereocenters. The smallest absolute Gasteiger partial charge is 0.416 e. The number of hydrogen-bond acceptors (Lipinski definition) is 4. The number of alkyl halides is 3. The highest BCUT2D eigenvalue weighted by Gasteiger charge is 2.30. The lowest BCUT2D eigenvalue weighted by Crippen LogP contribution is -2.07. The van der Waals surface area contributed by atoms with E-state index in [4.69, 9.17) is 13.9 Å². The molecule has 8 heteroatoms. The monoisotopic (exact) mass is 453 g/mol. The second-order valence-electron chi connectivity index (χ2n) is 7.10. The summed E-state index contributed by atoms with van der Waals surface area (Å²) in [5.41, 5.74) is 0.879. The maximum Gasteiger partial charge on any atom is 0.416 e. The van der Waals surface area contributed by atoms with Crippen molar-refractivity contribution in [2.75, 3.05) is 5.32 Å². The molecule has 0 aliphatic carbocycles. The standard InChI is InChI=1S/C25H18F3NO4/c26-25(27,28)18-3-1-2-17(14-18)23-11-8-20(32-23)10-13-24(31)29-19-6-4-16(5-7-19)22-12-9-21(15-30)33-22/h1-14,30H,15H2,(H,29,31)/b13-10+. The number of carbonyl (C=O) groups excluding carboxylic acids is 1. The van der Waals surface area contributed by atoms with Crippen molar-refractivity contribution >= 4 is 17.7 Å². The fraction of sp³-hybridized carbons (Fsp3) is 0.0800. The molecule has 4 rings (SSSR count). The van der Waals surface area contributed by atoms with Gasteiger partial charge in [0.05, 0.1) is 5.56 Å². The first-order valence-corrected chi connectivity index (χ1v) is 9.88. The van der Waals surface area contributed by atoms with Gasteiger partial charge in [-0.15, -0.1) is 0 Å². The molecule has 0 spiro atoms. The highest BCUT2D eigenvalue weighted by molar-refractivity contribution is 6.01. The fourth-order valence-electron chi connectivity index (χ4n) is 3.12. The van der Waals surface area contributed by atoms with Gasteiger partial charge in [-0.05, 0) is 66.7 Å². The maximum atomic E-state index is 12.9. The number of amides is 1. The number of hydrogen-bond donors (Lipinski definition) is 2. The van der Waals surface area contributed by atoms with Gasteiger partial charge < -0.3 is 19.3 Å². The number of anilines is 1. The van der Waals surface area contributed by atoms with Crippen molar-refractivity contribution < 1.29 is 31.9 Å². The zero-order chi connectivity index (χ0) is 23.4. The Balaban J connectivity index is 1.39. The van der Waals surface area contributed by atoms with Crippen LogP contribution in [0.3, 0.4) is 0 Å². The third-order valence-electron chi connectivity index (χ3n) is 4.75. The minimum atomic E-state index is -4.44. The molecule has 0 radical (unpaired) electrons. The molecule has 2 heterocycles. The van der Waals surface area contributed by atoms with E-state index in [1.807, 2.05) is 0 Å². The lowest BCUT2D eigenvalue weighted by Gasteiger charge is -2.07. The van der Waals surface area contributed by atoms with E-state index < -0.39 is 17.6 Å². The van der Waals surface area contributed by atoms with Gasteiger partial charge in [0.1, 0.15) is 29.6 Å². The molecular weight excluding hydrogens is 435 g/mol. The van der Waals surface area contributed by atoms with Crippen molar-refractivity contribution in [2.24, 2.45) is 0 Å². The first kappa shape index (κ1) is 22.2. The van der Waals surface area contributed by atoms with Crippen LogP contribution in [0.5, 0.6) is 0 Å². The first-order chi connectivity index (χ1) is 15.8. The number of halogens is 3. The summed E-state index contributed by atoms with van der Waals surface area (Å²) < 4.78 is 49.7. The van der Waals surface area contributed by atoms with Crippen LogP contribution >= 0.6 is 0 Å². The summed E-state index contributed by atoms with van der Waals surface area (Å²) in [6.45, 7) is -0.183. The molecule has 168 valence electrons. The van der Waals surface area contributed by atoms with Crippen molar-refractivity contribution in [3.05, 3.63) is 96.0 Å². The Morgan fingerprint density at radius 1 is 0.909 bits per heavy atom. The Bertz CT molecular complexity index is 1280. The van der Waals surface area contributed by atoms with Gasteiger partial charge in [-0.1, -0.05) is 12.1 Å². The molecule has 0 bridgehead atoms. The molecule has 2 aromatic carbocycles. The molecule has 0 saturated carbocycles. The first-order valence-electron chi connectivity index (χ1n) is 9.88. The van der Waals surface area contributed by atoms with Crippen molar-refractivity contribution in [1.29, 1.82) is 0 Å². The maximum absolute atomic E-state index is 12.9. The van der Waals surface area contributed by atoms with Gasteiger partial charge in [-0.3, -0.25) is 4.79 Å². The van der Waals surface area contributed by atoms with Crippen LogP contribution in [0.4, 0.5) is 18.9 Å². The lowest BCUT2D eigenvalue weighted by molar-refractivity contribution is -0.137. The van der Waals surface area contributed by atoms with Crippen LogP contribution in [0, 0.1) is 0 Å². The van der Waals surface area contributed by atoms with Gasteiger partial charge in [0.25, 0.3) is 0 Å². The van der Waals surface area contributed by atoms with Gasteiger partial charge in [0.2, 0.25) is 5.91 Å². The van der Waals surface area contributed by atoms with Crippen LogP contribution in [-0.2, 0) is 17.6 Å².